The van der Waals surface area contributed by atoms with Gasteiger partial charge in [-0.2, -0.15) is 0 Å². The first-order chi connectivity index (χ1) is 14.6. The summed E-state index contributed by atoms with van der Waals surface area (Å²) in [4.78, 5) is 33.6. The Labute approximate surface area is 175 Å². The lowest BCUT2D eigenvalue weighted by Crippen LogP contribution is -2.48. The number of nitrogens with zero attached hydrogens (tertiary/aromatic N) is 3. The van der Waals surface area contributed by atoms with Crippen molar-refractivity contribution in [2.45, 2.75) is 6.54 Å². The number of hydrogen-bond donors (Lipinski definition) is 1. The molecule has 0 bridgehead atoms. The van der Waals surface area contributed by atoms with E-state index in [0.717, 1.165) is 25.2 Å². The van der Waals surface area contributed by atoms with Gasteiger partial charge >= 0.3 is 0 Å². The fraction of sp³-hybridized carbons (Fsp3) is 0.208. The number of piperazine rings is 1. The third-order valence-corrected chi connectivity index (χ3v) is 5.34. The predicted octanol–water partition coefficient (Wildman–Crippen LogP) is 2.85. The summed E-state index contributed by atoms with van der Waals surface area (Å²) >= 11 is 0. The highest BCUT2D eigenvalue weighted by Crippen LogP contribution is 2.15. The van der Waals surface area contributed by atoms with Crippen LogP contribution in [-0.4, -0.2) is 52.7 Å². The van der Waals surface area contributed by atoms with Crippen LogP contribution in [0.1, 0.15) is 31.8 Å². The molecule has 1 fully saturated rings. The Morgan fingerprint density at radius 1 is 0.833 bits per heavy atom. The molecule has 6 nitrogen and oxygen atoms in total. The monoisotopic (exact) mass is 400 g/mol. The summed E-state index contributed by atoms with van der Waals surface area (Å²) in [6, 6.07) is 19.9. The zero-order valence-corrected chi connectivity index (χ0v) is 16.7. The van der Waals surface area contributed by atoms with E-state index < -0.39 is 0 Å². The van der Waals surface area contributed by atoms with Crippen molar-refractivity contribution in [2.75, 3.05) is 31.9 Å². The van der Waals surface area contributed by atoms with E-state index in [-0.39, 0.29) is 11.7 Å². The third kappa shape index (κ3) is 4.55. The molecule has 1 aliphatic rings. The molecule has 0 radical (unpaired) electrons. The lowest BCUT2D eigenvalue weighted by atomic mass is 10.0. The third-order valence-electron chi connectivity index (χ3n) is 5.34. The number of pyridine rings is 1. The van der Waals surface area contributed by atoms with Gasteiger partial charge in [-0.1, -0.05) is 42.5 Å². The average molecular weight is 400 g/mol. The van der Waals surface area contributed by atoms with Crippen molar-refractivity contribution in [3.8, 4) is 0 Å². The van der Waals surface area contributed by atoms with Crippen molar-refractivity contribution in [3.63, 3.8) is 0 Å². The second-order valence-corrected chi connectivity index (χ2v) is 7.43. The Balaban J connectivity index is 1.34. The molecular formula is C24H24N4O2. The number of carbonyl (C=O) groups is 2. The highest BCUT2D eigenvalue weighted by atomic mass is 16.2. The minimum Gasteiger partial charge on any atom is -0.384 e. The molecule has 3 aromatic rings. The standard InChI is InChI=1S/C24H24N4O2/c25-22-16-18(10-11-26-22)17-27-12-14-28(15-13-27)24(30)21-8-6-20(7-9-21)23(29)19-4-2-1-3-5-19/h1-11,16H,12-15,17H2,(H2,25,26). The van der Waals surface area contributed by atoms with Gasteiger partial charge in [0, 0.05) is 55.6 Å². The van der Waals surface area contributed by atoms with Crippen molar-refractivity contribution in [2.24, 2.45) is 0 Å². The Hall–Kier alpha value is -3.51. The van der Waals surface area contributed by atoms with Crippen molar-refractivity contribution >= 4 is 17.5 Å². The first-order valence-corrected chi connectivity index (χ1v) is 10.0. The molecule has 1 saturated heterocycles. The molecule has 0 atom stereocenters. The summed E-state index contributed by atoms with van der Waals surface area (Å²) < 4.78 is 0. The van der Waals surface area contributed by atoms with E-state index in [4.69, 9.17) is 5.73 Å². The lowest BCUT2D eigenvalue weighted by molar-refractivity contribution is 0.0628. The van der Waals surface area contributed by atoms with Crippen LogP contribution in [-0.2, 0) is 6.54 Å². The Morgan fingerprint density at radius 3 is 2.13 bits per heavy atom. The van der Waals surface area contributed by atoms with E-state index in [0.29, 0.717) is 35.6 Å². The van der Waals surface area contributed by atoms with E-state index in [1.807, 2.05) is 35.2 Å². The van der Waals surface area contributed by atoms with Gasteiger partial charge in [-0.3, -0.25) is 14.5 Å². The number of nitrogens with two attached hydrogens (primary N) is 1. The van der Waals surface area contributed by atoms with Gasteiger partial charge in [0.05, 0.1) is 0 Å². The van der Waals surface area contributed by atoms with Crippen LogP contribution in [0.4, 0.5) is 5.82 Å². The normalized spacial score (nSPS) is 14.5. The minimum absolute atomic E-state index is 0.00140. The van der Waals surface area contributed by atoms with Gasteiger partial charge in [-0.15, -0.1) is 0 Å². The molecule has 2 N–H and O–H groups in total. The second-order valence-electron chi connectivity index (χ2n) is 7.43. The van der Waals surface area contributed by atoms with E-state index >= 15 is 0 Å². The number of hydrogen-bond acceptors (Lipinski definition) is 5. The molecule has 30 heavy (non-hydrogen) atoms. The van der Waals surface area contributed by atoms with Gasteiger partial charge < -0.3 is 10.6 Å². The summed E-state index contributed by atoms with van der Waals surface area (Å²) in [5.41, 5.74) is 8.71. The molecule has 0 spiro atoms. The molecule has 6 heteroatoms. The topological polar surface area (TPSA) is 79.5 Å². The number of nitrogen functional groups attached to an aromatic ring is 1. The molecule has 2 heterocycles. The first-order valence-electron chi connectivity index (χ1n) is 10.0. The Morgan fingerprint density at radius 2 is 1.47 bits per heavy atom. The largest absolute Gasteiger partial charge is 0.384 e. The number of carbonyl (C=O) groups excluding carboxylic acids is 2. The van der Waals surface area contributed by atoms with E-state index in [2.05, 4.69) is 9.88 Å². The summed E-state index contributed by atoms with van der Waals surface area (Å²) in [6.45, 7) is 3.75. The van der Waals surface area contributed by atoms with Gasteiger partial charge in [-0.05, 0) is 29.8 Å². The van der Waals surface area contributed by atoms with E-state index in [9.17, 15) is 9.59 Å². The van der Waals surface area contributed by atoms with Crippen molar-refractivity contribution in [1.82, 2.24) is 14.8 Å². The Bertz CT molecular complexity index is 1030. The second kappa shape index (κ2) is 8.88. The summed E-state index contributed by atoms with van der Waals surface area (Å²) in [6.07, 6.45) is 1.72. The van der Waals surface area contributed by atoms with Crippen LogP contribution in [0, 0.1) is 0 Å². The van der Waals surface area contributed by atoms with Gasteiger partial charge in [0.1, 0.15) is 5.82 Å². The average Bonchev–Trinajstić information content (AvgIpc) is 2.79. The maximum Gasteiger partial charge on any atom is 0.253 e. The van der Waals surface area contributed by atoms with Crippen LogP contribution >= 0.6 is 0 Å². The molecule has 4 rings (SSSR count). The van der Waals surface area contributed by atoms with Crippen LogP contribution in [0.25, 0.3) is 0 Å². The molecule has 1 aromatic heterocycles. The molecule has 0 unspecified atom stereocenters. The highest BCUT2D eigenvalue weighted by molar-refractivity contribution is 6.09. The zero-order valence-electron chi connectivity index (χ0n) is 16.7. The van der Waals surface area contributed by atoms with E-state index in [1.165, 1.54) is 0 Å². The maximum absolute atomic E-state index is 12.9. The Kier molecular flexibility index (Phi) is 5.86. The summed E-state index contributed by atoms with van der Waals surface area (Å²) in [7, 11) is 0. The van der Waals surface area contributed by atoms with Crippen LogP contribution < -0.4 is 5.73 Å². The van der Waals surface area contributed by atoms with Crippen LogP contribution in [0.2, 0.25) is 0 Å². The van der Waals surface area contributed by atoms with Crippen LogP contribution in [0.5, 0.6) is 0 Å². The molecule has 0 aliphatic carbocycles. The zero-order chi connectivity index (χ0) is 20.9. The number of rotatable bonds is 5. The van der Waals surface area contributed by atoms with Crippen LogP contribution in [0.15, 0.2) is 72.9 Å². The minimum atomic E-state index is -0.0417. The molecule has 2 aromatic carbocycles. The fourth-order valence-electron chi connectivity index (χ4n) is 3.66. The fourth-order valence-corrected chi connectivity index (χ4v) is 3.66. The molecule has 1 amide bonds. The summed E-state index contributed by atoms with van der Waals surface area (Å²) in [5, 5.41) is 0. The number of anilines is 1. The maximum atomic E-state index is 12.9. The molecule has 0 saturated carbocycles. The van der Waals surface area contributed by atoms with E-state index in [1.54, 1.807) is 42.6 Å². The summed E-state index contributed by atoms with van der Waals surface area (Å²) in [5.74, 6) is 0.483. The molecule has 152 valence electrons. The molecular weight excluding hydrogens is 376 g/mol. The highest BCUT2D eigenvalue weighted by Gasteiger charge is 2.22. The van der Waals surface area contributed by atoms with Crippen molar-refractivity contribution < 1.29 is 9.59 Å². The number of benzene rings is 2. The lowest BCUT2D eigenvalue weighted by Gasteiger charge is -2.34. The number of ketones is 1. The molecule has 1 aliphatic heterocycles. The van der Waals surface area contributed by atoms with Crippen molar-refractivity contribution in [3.05, 3.63) is 95.2 Å². The van der Waals surface area contributed by atoms with Crippen molar-refractivity contribution in [1.29, 1.82) is 0 Å². The number of aromatic nitrogens is 1. The van der Waals surface area contributed by atoms with Gasteiger partial charge in [-0.25, -0.2) is 4.98 Å². The number of amides is 1. The SMILES string of the molecule is Nc1cc(CN2CCN(C(=O)c3ccc(C(=O)c4ccccc4)cc3)CC2)ccn1. The first kappa shape index (κ1) is 19.8. The predicted molar refractivity (Wildman–Crippen MR) is 116 cm³/mol. The smallest absolute Gasteiger partial charge is 0.253 e. The van der Waals surface area contributed by atoms with Gasteiger partial charge in [0.15, 0.2) is 5.78 Å². The van der Waals surface area contributed by atoms with Gasteiger partial charge in [0.25, 0.3) is 5.91 Å². The van der Waals surface area contributed by atoms with Crippen LogP contribution in [0.3, 0.4) is 0 Å². The van der Waals surface area contributed by atoms with Gasteiger partial charge in [0.2, 0.25) is 0 Å². The quantitative estimate of drug-likeness (QED) is 0.666.